The summed E-state index contributed by atoms with van der Waals surface area (Å²) in [7, 11) is 0. The number of ether oxygens (including phenoxy) is 2. The Kier molecular flexibility index (Phi) is 3.23. The zero-order valence-corrected chi connectivity index (χ0v) is 11.5. The summed E-state index contributed by atoms with van der Waals surface area (Å²) in [6.07, 6.45) is 2.35. The molecule has 2 heterocycles. The molecule has 0 saturated carbocycles. The van der Waals surface area contributed by atoms with Crippen molar-refractivity contribution >= 4 is 5.97 Å². The van der Waals surface area contributed by atoms with Crippen LogP contribution in [-0.2, 0) is 14.3 Å². The van der Waals surface area contributed by atoms with E-state index in [9.17, 15) is 15.0 Å². The lowest BCUT2D eigenvalue weighted by molar-refractivity contribution is -0.288. The van der Waals surface area contributed by atoms with Gasteiger partial charge in [0.1, 0.15) is 6.10 Å². The van der Waals surface area contributed by atoms with E-state index in [0.29, 0.717) is 24.0 Å². The van der Waals surface area contributed by atoms with Crippen LogP contribution in [0.2, 0.25) is 0 Å². The van der Waals surface area contributed by atoms with Crippen molar-refractivity contribution in [3.63, 3.8) is 0 Å². The van der Waals surface area contributed by atoms with Gasteiger partial charge >= 0.3 is 5.97 Å². The number of hydrogen-bond acceptors (Lipinski definition) is 5. The number of carbonyl (C=O) groups excluding carboxylic acids is 1. The predicted molar refractivity (Wildman–Crippen MR) is 70.5 cm³/mol. The summed E-state index contributed by atoms with van der Waals surface area (Å²) in [5.74, 6) is -0.955. The Morgan fingerprint density at radius 1 is 1.55 bits per heavy atom. The number of aliphatic hydroxyl groups excluding tert-OH is 2. The minimum absolute atomic E-state index is 0.179. The fourth-order valence-corrected chi connectivity index (χ4v) is 3.65. The SMILES string of the molecule is C=C1C[C@@]2(C[C@H](C)[C@H]3CC=C(CO)[C@@H](O)[C@@H]3O2)OC1=O. The van der Waals surface area contributed by atoms with E-state index < -0.39 is 24.0 Å². The summed E-state index contributed by atoms with van der Waals surface area (Å²) in [6.45, 7) is 5.60. The first kappa shape index (κ1) is 13.8. The minimum atomic E-state index is -0.979. The molecular formula is C15H20O5. The zero-order valence-electron chi connectivity index (χ0n) is 11.5. The molecule has 2 fully saturated rings. The van der Waals surface area contributed by atoms with Crippen molar-refractivity contribution < 1.29 is 24.5 Å². The van der Waals surface area contributed by atoms with E-state index in [2.05, 4.69) is 13.5 Å². The topological polar surface area (TPSA) is 76.0 Å². The highest BCUT2D eigenvalue weighted by atomic mass is 16.7. The molecule has 1 spiro atoms. The van der Waals surface area contributed by atoms with Crippen LogP contribution < -0.4 is 0 Å². The van der Waals surface area contributed by atoms with Crippen LogP contribution in [0.25, 0.3) is 0 Å². The van der Waals surface area contributed by atoms with E-state index in [-0.39, 0.29) is 18.4 Å². The lowest BCUT2D eigenvalue weighted by Gasteiger charge is -2.48. The maximum Gasteiger partial charge on any atom is 0.336 e. The van der Waals surface area contributed by atoms with Crippen LogP contribution in [0.4, 0.5) is 0 Å². The Bertz CT molecular complexity index is 465. The second-order valence-electron chi connectivity index (χ2n) is 6.13. The standard InChI is InChI=1S/C15H20O5/c1-8-5-15(6-9(2)14(18)20-15)19-13-11(8)4-3-10(7-16)12(13)17/h3,8,11-13,16-17H,2,4-7H2,1H3/t8-,11+,12+,13+,15+/m0/s1. The Balaban J connectivity index is 1.87. The Morgan fingerprint density at radius 2 is 2.30 bits per heavy atom. The van der Waals surface area contributed by atoms with Gasteiger partial charge in [-0.25, -0.2) is 4.79 Å². The van der Waals surface area contributed by atoms with Crippen molar-refractivity contribution in [2.75, 3.05) is 6.61 Å². The molecule has 1 aliphatic carbocycles. The molecule has 0 aromatic rings. The molecule has 0 aromatic carbocycles. The van der Waals surface area contributed by atoms with Crippen molar-refractivity contribution in [2.24, 2.45) is 11.8 Å². The van der Waals surface area contributed by atoms with Gasteiger partial charge in [0.05, 0.1) is 12.7 Å². The molecule has 2 N–H and O–H groups in total. The van der Waals surface area contributed by atoms with Crippen molar-refractivity contribution in [1.82, 2.24) is 0 Å². The summed E-state index contributed by atoms with van der Waals surface area (Å²) >= 11 is 0. The van der Waals surface area contributed by atoms with Gasteiger partial charge in [0.25, 0.3) is 0 Å². The molecule has 0 aromatic heterocycles. The van der Waals surface area contributed by atoms with Crippen LogP contribution in [0, 0.1) is 11.8 Å². The fraction of sp³-hybridized carbons (Fsp3) is 0.667. The number of fused-ring (bicyclic) bond motifs is 1. The molecule has 3 rings (SSSR count). The highest BCUT2D eigenvalue weighted by molar-refractivity contribution is 5.90. The maximum atomic E-state index is 11.6. The normalized spacial score (nSPS) is 44.2. The summed E-state index contributed by atoms with van der Waals surface area (Å²) in [5.41, 5.74) is 0.998. The van der Waals surface area contributed by atoms with Gasteiger partial charge in [0.2, 0.25) is 5.79 Å². The molecule has 0 radical (unpaired) electrons. The highest BCUT2D eigenvalue weighted by Crippen LogP contribution is 2.48. The van der Waals surface area contributed by atoms with Crippen LogP contribution in [0.5, 0.6) is 0 Å². The van der Waals surface area contributed by atoms with Gasteiger partial charge < -0.3 is 19.7 Å². The first-order valence-corrected chi connectivity index (χ1v) is 7.02. The average molecular weight is 280 g/mol. The second kappa shape index (κ2) is 4.69. The number of rotatable bonds is 1. The Hall–Kier alpha value is -1.17. The predicted octanol–water partition coefficient (Wildman–Crippen LogP) is 0.910. The third-order valence-corrected chi connectivity index (χ3v) is 4.71. The third kappa shape index (κ3) is 2.01. The first-order valence-electron chi connectivity index (χ1n) is 7.02. The van der Waals surface area contributed by atoms with E-state index in [1.807, 2.05) is 6.08 Å². The minimum Gasteiger partial charge on any atom is -0.429 e. The van der Waals surface area contributed by atoms with Gasteiger partial charge in [0, 0.05) is 18.4 Å². The number of carbonyl (C=O) groups is 1. The van der Waals surface area contributed by atoms with E-state index in [1.165, 1.54) is 0 Å². The molecule has 0 unspecified atom stereocenters. The molecule has 5 heteroatoms. The Morgan fingerprint density at radius 3 is 2.90 bits per heavy atom. The van der Waals surface area contributed by atoms with Crippen LogP contribution in [0.15, 0.2) is 23.8 Å². The molecule has 2 saturated heterocycles. The summed E-state index contributed by atoms with van der Waals surface area (Å²) in [5, 5.41) is 19.6. The molecular weight excluding hydrogens is 260 g/mol. The van der Waals surface area contributed by atoms with Gasteiger partial charge in [-0.05, 0) is 23.8 Å². The smallest absolute Gasteiger partial charge is 0.336 e. The van der Waals surface area contributed by atoms with Gasteiger partial charge in [0.15, 0.2) is 0 Å². The first-order chi connectivity index (χ1) is 9.46. The molecule has 3 aliphatic rings. The highest BCUT2D eigenvalue weighted by Gasteiger charge is 2.54. The lowest BCUT2D eigenvalue weighted by atomic mass is 9.72. The largest absolute Gasteiger partial charge is 0.429 e. The quantitative estimate of drug-likeness (QED) is 0.424. The van der Waals surface area contributed by atoms with Crippen LogP contribution >= 0.6 is 0 Å². The fourth-order valence-electron chi connectivity index (χ4n) is 3.65. The molecule has 5 atom stereocenters. The molecule has 0 amide bonds. The van der Waals surface area contributed by atoms with Crippen LogP contribution in [-0.4, -0.2) is 40.8 Å². The van der Waals surface area contributed by atoms with Crippen molar-refractivity contribution in [3.8, 4) is 0 Å². The number of allylic oxidation sites excluding steroid dienone is 1. The van der Waals surface area contributed by atoms with E-state index in [0.717, 1.165) is 6.42 Å². The van der Waals surface area contributed by atoms with Crippen molar-refractivity contribution in [3.05, 3.63) is 23.8 Å². The van der Waals surface area contributed by atoms with Crippen molar-refractivity contribution in [2.45, 2.75) is 44.2 Å². The molecule has 2 aliphatic heterocycles. The van der Waals surface area contributed by atoms with E-state index >= 15 is 0 Å². The second-order valence-corrected chi connectivity index (χ2v) is 6.13. The van der Waals surface area contributed by atoms with Crippen LogP contribution in [0.3, 0.4) is 0 Å². The lowest BCUT2D eigenvalue weighted by Crippen LogP contribution is -2.54. The number of hydrogen-bond donors (Lipinski definition) is 2. The van der Waals surface area contributed by atoms with Crippen LogP contribution in [0.1, 0.15) is 26.2 Å². The molecule has 20 heavy (non-hydrogen) atoms. The summed E-state index contributed by atoms with van der Waals surface area (Å²) < 4.78 is 11.4. The average Bonchev–Trinajstić information content (AvgIpc) is 2.65. The van der Waals surface area contributed by atoms with Gasteiger partial charge in [-0.2, -0.15) is 0 Å². The van der Waals surface area contributed by atoms with E-state index in [4.69, 9.17) is 9.47 Å². The number of esters is 1. The van der Waals surface area contributed by atoms with Crippen molar-refractivity contribution in [1.29, 1.82) is 0 Å². The molecule has 110 valence electrons. The van der Waals surface area contributed by atoms with Gasteiger partial charge in [-0.15, -0.1) is 0 Å². The zero-order chi connectivity index (χ0) is 14.5. The van der Waals surface area contributed by atoms with E-state index in [1.54, 1.807) is 0 Å². The Labute approximate surface area is 117 Å². The monoisotopic (exact) mass is 280 g/mol. The van der Waals surface area contributed by atoms with Gasteiger partial charge in [-0.3, -0.25) is 0 Å². The third-order valence-electron chi connectivity index (χ3n) is 4.71. The molecule has 5 nitrogen and oxygen atoms in total. The summed E-state index contributed by atoms with van der Waals surface area (Å²) in [4.78, 5) is 11.6. The number of aliphatic hydroxyl groups is 2. The maximum absolute atomic E-state index is 11.6. The van der Waals surface area contributed by atoms with Gasteiger partial charge in [-0.1, -0.05) is 19.6 Å². The summed E-state index contributed by atoms with van der Waals surface area (Å²) in [6, 6.07) is 0. The molecule has 0 bridgehead atoms.